The zero-order valence-corrected chi connectivity index (χ0v) is 15.9. The third-order valence-electron chi connectivity index (χ3n) is 3.84. The van der Waals surface area contributed by atoms with Crippen molar-refractivity contribution in [2.45, 2.75) is 19.6 Å². The first kappa shape index (κ1) is 18.2. The molecule has 0 aliphatic carbocycles. The van der Waals surface area contributed by atoms with E-state index in [1.165, 1.54) is 23.1 Å². The molecule has 0 unspecified atom stereocenters. The Morgan fingerprint density at radius 2 is 2.23 bits per heavy atom. The van der Waals surface area contributed by atoms with E-state index >= 15 is 0 Å². The van der Waals surface area contributed by atoms with Crippen LogP contribution < -0.4 is 10.9 Å². The van der Waals surface area contributed by atoms with E-state index in [0.717, 1.165) is 15.3 Å². The van der Waals surface area contributed by atoms with Crippen LogP contribution in [0.25, 0.3) is 10.2 Å². The third-order valence-corrected chi connectivity index (χ3v) is 5.88. The normalized spacial score (nSPS) is 10.7. The number of amides is 1. The molecule has 8 heteroatoms. The number of rotatable bonds is 5. The highest BCUT2D eigenvalue weighted by atomic mass is 32.2. The number of hydrogen-bond acceptors (Lipinski definition) is 6. The molecule has 3 rings (SSSR count). The first-order chi connectivity index (χ1) is 12.5. The van der Waals surface area contributed by atoms with Gasteiger partial charge in [-0.05, 0) is 37.6 Å². The maximum Gasteiger partial charge on any atom is 0.259 e. The number of thiophene rings is 1. The molecule has 0 aliphatic rings. The molecule has 0 saturated carbocycles. The fourth-order valence-corrected chi connectivity index (χ4v) is 4.21. The number of aromatic nitrogens is 2. The van der Waals surface area contributed by atoms with Crippen LogP contribution >= 0.6 is 23.1 Å². The second-order valence-corrected chi connectivity index (χ2v) is 7.90. The molecule has 132 valence electrons. The number of hydrogen-bond donors (Lipinski definition) is 2. The fourth-order valence-electron chi connectivity index (χ4n) is 2.47. The minimum Gasteiger partial charge on any atom is -0.325 e. The first-order valence-electron chi connectivity index (χ1n) is 7.84. The molecular formula is C18H16N4O2S2. The van der Waals surface area contributed by atoms with Gasteiger partial charge >= 0.3 is 0 Å². The Morgan fingerprint density at radius 3 is 3.00 bits per heavy atom. The monoisotopic (exact) mass is 384 g/mol. The molecule has 26 heavy (non-hydrogen) atoms. The Hall–Kier alpha value is -2.63. The van der Waals surface area contributed by atoms with Crippen molar-refractivity contribution < 1.29 is 4.79 Å². The van der Waals surface area contributed by atoms with Gasteiger partial charge in [-0.3, -0.25) is 9.59 Å². The number of carbonyl (C=O) groups excluding carboxylic acids is 1. The quantitative estimate of drug-likeness (QED) is 0.703. The van der Waals surface area contributed by atoms with Crippen molar-refractivity contribution >= 4 is 44.9 Å². The second-order valence-electron chi connectivity index (χ2n) is 5.71. The molecule has 0 bridgehead atoms. The Balaban J connectivity index is 1.61. The van der Waals surface area contributed by atoms with Crippen molar-refractivity contribution in [1.29, 1.82) is 5.26 Å². The highest BCUT2D eigenvalue weighted by Crippen LogP contribution is 2.26. The molecule has 2 aromatic heterocycles. The standard InChI is InChI=1S/C18H16N4O2S2/c1-10-11(2)26-18-16(10)17(24)21-14(22-18)8-25-9-15(23)20-13-5-3-4-12(6-13)7-19/h3-6H,8-9H2,1-2H3,(H,20,23)(H,21,22,24). The summed E-state index contributed by atoms with van der Waals surface area (Å²) < 4.78 is 0. The number of nitrogens with zero attached hydrogens (tertiary/aromatic N) is 2. The van der Waals surface area contributed by atoms with Crippen molar-refractivity contribution in [1.82, 2.24) is 9.97 Å². The topological polar surface area (TPSA) is 98.6 Å². The largest absolute Gasteiger partial charge is 0.325 e. The second kappa shape index (κ2) is 7.72. The Labute approximate surface area is 158 Å². The minimum atomic E-state index is -0.170. The van der Waals surface area contributed by atoms with Gasteiger partial charge in [-0.1, -0.05) is 6.07 Å². The average molecular weight is 384 g/mol. The molecule has 0 aliphatic heterocycles. The Morgan fingerprint density at radius 1 is 1.42 bits per heavy atom. The number of H-pyrrole nitrogens is 1. The first-order valence-corrected chi connectivity index (χ1v) is 9.81. The van der Waals surface area contributed by atoms with Crippen molar-refractivity contribution in [2.24, 2.45) is 0 Å². The number of nitriles is 1. The fraction of sp³-hybridized carbons (Fsp3) is 0.222. The Bertz CT molecular complexity index is 1080. The summed E-state index contributed by atoms with van der Waals surface area (Å²) in [5.74, 6) is 1.05. The van der Waals surface area contributed by atoms with Gasteiger partial charge in [-0.25, -0.2) is 4.98 Å². The van der Waals surface area contributed by atoms with Gasteiger partial charge in [0.05, 0.1) is 28.5 Å². The molecule has 0 saturated heterocycles. The predicted molar refractivity (Wildman–Crippen MR) is 106 cm³/mol. The number of carbonyl (C=O) groups is 1. The Kier molecular flexibility index (Phi) is 5.40. The lowest BCUT2D eigenvalue weighted by molar-refractivity contribution is -0.113. The van der Waals surface area contributed by atoms with Crippen molar-refractivity contribution in [3.8, 4) is 6.07 Å². The number of anilines is 1. The highest BCUT2D eigenvalue weighted by Gasteiger charge is 2.12. The van der Waals surface area contributed by atoms with Crippen molar-refractivity contribution in [3.05, 3.63) is 56.4 Å². The molecule has 0 fully saturated rings. The van der Waals surface area contributed by atoms with Gasteiger partial charge in [0.15, 0.2) is 0 Å². The summed E-state index contributed by atoms with van der Waals surface area (Å²) in [7, 11) is 0. The summed E-state index contributed by atoms with van der Waals surface area (Å²) >= 11 is 2.87. The van der Waals surface area contributed by atoms with E-state index in [-0.39, 0.29) is 17.2 Å². The average Bonchev–Trinajstić information content (AvgIpc) is 2.89. The number of aryl methyl sites for hydroxylation is 2. The van der Waals surface area contributed by atoms with Gasteiger partial charge in [0.25, 0.3) is 5.56 Å². The lowest BCUT2D eigenvalue weighted by Crippen LogP contribution is -2.15. The SMILES string of the molecule is Cc1sc2nc(CSCC(=O)Nc3cccc(C#N)c3)[nH]c(=O)c2c1C. The summed E-state index contributed by atoms with van der Waals surface area (Å²) in [6.45, 7) is 3.90. The van der Waals surface area contributed by atoms with Gasteiger partial charge in [0.2, 0.25) is 5.91 Å². The summed E-state index contributed by atoms with van der Waals surface area (Å²) in [4.78, 5) is 33.4. The lowest BCUT2D eigenvalue weighted by atomic mass is 10.2. The number of thioether (sulfide) groups is 1. The predicted octanol–water partition coefficient (Wildman–Crippen LogP) is 3.35. The summed E-state index contributed by atoms with van der Waals surface area (Å²) in [6, 6.07) is 8.78. The van der Waals surface area contributed by atoms with Crippen LogP contribution in [-0.4, -0.2) is 21.6 Å². The smallest absolute Gasteiger partial charge is 0.259 e. The molecule has 2 heterocycles. The van der Waals surface area contributed by atoms with Gasteiger partial charge in [0.1, 0.15) is 10.7 Å². The van der Waals surface area contributed by atoms with E-state index in [1.54, 1.807) is 24.3 Å². The molecule has 0 spiro atoms. The maximum atomic E-state index is 12.2. The van der Waals surface area contributed by atoms with E-state index in [4.69, 9.17) is 5.26 Å². The van der Waals surface area contributed by atoms with E-state index in [1.807, 2.05) is 19.9 Å². The molecule has 2 N–H and O–H groups in total. The summed E-state index contributed by atoms with van der Waals surface area (Å²) in [6.07, 6.45) is 0. The minimum absolute atomic E-state index is 0.134. The third kappa shape index (κ3) is 3.95. The van der Waals surface area contributed by atoms with E-state index in [0.29, 0.717) is 28.2 Å². The lowest BCUT2D eigenvalue weighted by Gasteiger charge is -2.05. The molecular weight excluding hydrogens is 368 g/mol. The van der Waals surface area contributed by atoms with Crippen LogP contribution in [-0.2, 0) is 10.5 Å². The number of fused-ring (bicyclic) bond motifs is 1. The van der Waals surface area contributed by atoms with Crippen LogP contribution in [0.15, 0.2) is 29.1 Å². The number of benzene rings is 1. The van der Waals surface area contributed by atoms with E-state index < -0.39 is 0 Å². The zero-order valence-electron chi connectivity index (χ0n) is 14.3. The van der Waals surface area contributed by atoms with Crippen molar-refractivity contribution in [2.75, 3.05) is 11.1 Å². The molecule has 1 amide bonds. The van der Waals surface area contributed by atoms with E-state index in [2.05, 4.69) is 15.3 Å². The molecule has 0 radical (unpaired) electrons. The summed E-state index contributed by atoms with van der Waals surface area (Å²) in [5, 5.41) is 12.3. The maximum absolute atomic E-state index is 12.2. The van der Waals surface area contributed by atoms with Crippen LogP contribution in [0.5, 0.6) is 0 Å². The van der Waals surface area contributed by atoms with E-state index in [9.17, 15) is 9.59 Å². The molecule has 6 nitrogen and oxygen atoms in total. The van der Waals surface area contributed by atoms with Gasteiger partial charge in [-0.2, -0.15) is 5.26 Å². The van der Waals surface area contributed by atoms with Crippen LogP contribution in [0.4, 0.5) is 5.69 Å². The van der Waals surface area contributed by atoms with Crippen LogP contribution in [0.3, 0.4) is 0 Å². The zero-order chi connectivity index (χ0) is 18.7. The number of aromatic amines is 1. The molecule has 0 atom stereocenters. The van der Waals surface area contributed by atoms with Crippen LogP contribution in [0.2, 0.25) is 0 Å². The molecule has 1 aromatic carbocycles. The van der Waals surface area contributed by atoms with Gasteiger partial charge in [-0.15, -0.1) is 23.1 Å². The van der Waals surface area contributed by atoms with Gasteiger partial charge in [0, 0.05) is 10.6 Å². The summed E-state index contributed by atoms with van der Waals surface area (Å²) in [5.41, 5.74) is 1.92. The van der Waals surface area contributed by atoms with Gasteiger partial charge < -0.3 is 10.3 Å². The highest BCUT2D eigenvalue weighted by molar-refractivity contribution is 7.99. The van der Waals surface area contributed by atoms with Crippen molar-refractivity contribution in [3.63, 3.8) is 0 Å². The molecule has 3 aromatic rings. The van der Waals surface area contributed by atoms with Crippen LogP contribution in [0, 0.1) is 25.2 Å². The van der Waals surface area contributed by atoms with Crippen LogP contribution in [0.1, 0.15) is 21.8 Å². The number of nitrogens with one attached hydrogen (secondary N) is 2.